The molecule has 1 heterocycles. The summed E-state index contributed by atoms with van der Waals surface area (Å²) in [7, 11) is 0. The summed E-state index contributed by atoms with van der Waals surface area (Å²) in [6.45, 7) is 1.94. The van der Waals surface area contributed by atoms with Crippen molar-refractivity contribution < 1.29 is 4.39 Å². The van der Waals surface area contributed by atoms with Crippen molar-refractivity contribution in [2.75, 3.05) is 0 Å². The second kappa shape index (κ2) is 5.74. The van der Waals surface area contributed by atoms with Crippen molar-refractivity contribution >= 4 is 0 Å². The van der Waals surface area contributed by atoms with Crippen molar-refractivity contribution in [3.8, 4) is 0 Å². The molecule has 1 aromatic carbocycles. The number of pyridine rings is 1. The van der Waals surface area contributed by atoms with Gasteiger partial charge in [-0.1, -0.05) is 17.7 Å². The molecule has 18 heavy (non-hydrogen) atoms. The molecule has 0 radical (unpaired) electrons. The fourth-order valence-electron chi connectivity index (χ4n) is 1.97. The van der Waals surface area contributed by atoms with E-state index in [4.69, 9.17) is 5.73 Å². The average molecular weight is 244 g/mol. The van der Waals surface area contributed by atoms with Crippen molar-refractivity contribution in [2.24, 2.45) is 5.73 Å². The Bertz CT molecular complexity index is 511. The molecule has 0 aliphatic carbocycles. The Balaban J connectivity index is 2.03. The molecule has 94 valence electrons. The van der Waals surface area contributed by atoms with Crippen LogP contribution in [-0.2, 0) is 6.42 Å². The van der Waals surface area contributed by atoms with E-state index in [9.17, 15) is 4.39 Å². The molecule has 0 spiro atoms. The standard InChI is InChI=1S/C15H17FN2/c1-11-2-4-14(16)13(10-11)15(17)5-3-12-6-8-18-9-7-12/h2,4,6-10,15H,3,5,17H2,1H3. The van der Waals surface area contributed by atoms with Gasteiger partial charge in [-0.15, -0.1) is 0 Å². The maximum absolute atomic E-state index is 13.7. The van der Waals surface area contributed by atoms with Crippen LogP contribution in [0.25, 0.3) is 0 Å². The van der Waals surface area contributed by atoms with Crippen LogP contribution >= 0.6 is 0 Å². The highest BCUT2D eigenvalue weighted by atomic mass is 19.1. The summed E-state index contributed by atoms with van der Waals surface area (Å²) in [6, 6.07) is 8.72. The monoisotopic (exact) mass is 244 g/mol. The molecule has 0 amide bonds. The number of nitrogens with two attached hydrogens (primary N) is 1. The molecule has 2 rings (SSSR count). The zero-order chi connectivity index (χ0) is 13.0. The molecule has 2 aromatic rings. The second-order valence-corrected chi connectivity index (χ2v) is 4.53. The normalized spacial score (nSPS) is 12.4. The third-order valence-corrected chi connectivity index (χ3v) is 3.04. The molecule has 1 aromatic heterocycles. The fraction of sp³-hybridized carbons (Fsp3) is 0.267. The topological polar surface area (TPSA) is 38.9 Å². The van der Waals surface area contributed by atoms with E-state index in [1.165, 1.54) is 11.6 Å². The van der Waals surface area contributed by atoms with Crippen LogP contribution in [-0.4, -0.2) is 4.98 Å². The van der Waals surface area contributed by atoms with Gasteiger partial charge in [0.15, 0.2) is 0 Å². The van der Waals surface area contributed by atoms with Gasteiger partial charge in [-0.25, -0.2) is 4.39 Å². The number of rotatable bonds is 4. The Morgan fingerprint density at radius 1 is 1.22 bits per heavy atom. The predicted octanol–water partition coefficient (Wildman–Crippen LogP) is 3.16. The van der Waals surface area contributed by atoms with Gasteiger partial charge in [-0.3, -0.25) is 4.98 Å². The summed E-state index contributed by atoms with van der Waals surface area (Å²) in [5.74, 6) is -0.220. The van der Waals surface area contributed by atoms with E-state index in [0.29, 0.717) is 5.56 Å². The average Bonchev–Trinajstić information content (AvgIpc) is 2.40. The number of nitrogens with zero attached hydrogens (tertiary/aromatic N) is 1. The van der Waals surface area contributed by atoms with E-state index in [1.807, 2.05) is 25.1 Å². The Hall–Kier alpha value is -1.74. The number of benzene rings is 1. The van der Waals surface area contributed by atoms with Gasteiger partial charge in [-0.2, -0.15) is 0 Å². The summed E-state index contributed by atoms with van der Waals surface area (Å²) >= 11 is 0. The predicted molar refractivity (Wildman–Crippen MR) is 70.6 cm³/mol. The van der Waals surface area contributed by atoms with Crippen LogP contribution in [0.15, 0.2) is 42.7 Å². The maximum atomic E-state index is 13.7. The molecule has 2 N–H and O–H groups in total. The zero-order valence-corrected chi connectivity index (χ0v) is 10.4. The summed E-state index contributed by atoms with van der Waals surface area (Å²) in [4.78, 5) is 3.97. The van der Waals surface area contributed by atoms with Gasteiger partial charge in [0.2, 0.25) is 0 Å². The number of aryl methyl sites for hydroxylation is 2. The quantitative estimate of drug-likeness (QED) is 0.897. The minimum absolute atomic E-state index is 0.220. The molecule has 1 atom stereocenters. The summed E-state index contributed by atoms with van der Waals surface area (Å²) < 4.78 is 13.7. The molecular weight excluding hydrogens is 227 g/mol. The van der Waals surface area contributed by atoms with Crippen molar-refractivity contribution in [2.45, 2.75) is 25.8 Å². The van der Waals surface area contributed by atoms with Gasteiger partial charge < -0.3 is 5.73 Å². The van der Waals surface area contributed by atoms with Gasteiger partial charge in [0.05, 0.1) is 0 Å². The van der Waals surface area contributed by atoms with Gasteiger partial charge in [0.25, 0.3) is 0 Å². The van der Waals surface area contributed by atoms with E-state index >= 15 is 0 Å². The van der Waals surface area contributed by atoms with Crippen LogP contribution in [0.3, 0.4) is 0 Å². The van der Waals surface area contributed by atoms with E-state index < -0.39 is 0 Å². The van der Waals surface area contributed by atoms with Crippen LogP contribution < -0.4 is 5.73 Å². The lowest BCUT2D eigenvalue weighted by atomic mass is 9.98. The highest BCUT2D eigenvalue weighted by molar-refractivity contribution is 5.27. The maximum Gasteiger partial charge on any atom is 0.127 e. The number of halogens is 1. The molecule has 1 unspecified atom stereocenters. The highest BCUT2D eigenvalue weighted by Crippen LogP contribution is 2.20. The first-order chi connectivity index (χ1) is 8.66. The van der Waals surface area contributed by atoms with Crippen molar-refractivity contribution in [3.63, 3.8) is 0 Å². The lowest BCUT2D eigenvalue weighted by Crippen LogP contribution is -2.13. The molecule has 2 nitrogen and oxygen atoms in total. The summed E-state index contributed by atoms with van der Waals surface area (Å²) in [6.07, 6.45) is 5.07. The zero-order valence-electron chi connectivity index (χ0n) is 10.4. The number of hydrogen-bond acceptors (Lipinski definition) is 2. The SMILES string of the molecule is Cc1ccc(F)c(C(N)CCc2ccncc2)c1. The van der Waals surface area contributed by atoms with E-state index in [2.05, 4.69) is 4.98 Å². The van der Waals surface area contributed by atoms with Crippen molar-refractivity contribution in [1.82, 2.24) is 4.98 Å². The lowest BCUT2D eigenvalue weighted by Gasteiger charge is -2.13. The molecule has 3 heteroatoms. The Morgan fingerprint density at radius 3 is 2.67 bits per heavy atom. The summed E-state index contributed by atoms with van der Waals surface area (Å²) in [5, 5.41) is 0. The van der Waals surface area contributed by atoms with Gasteiger partial charge in [0, 0.05) is 24.0 Å². The first-order valence-electron chi connectivity index (χ1n) is 6.07. The van der Waals surface area contributed by atoms with E-state index in [-0.39, 0.29) is 11.9 Å². The van der Waals surface area contributed by atoms with Crippen molar-refractivity contribution in [3.05, 3.63) is 65.2 Å². The van der Waals surface area contributed by atoms with Gasteiger partial charge in [0.1, 0.15) is 5.82 Å². The molecule has 0 aliphatic heterocycles. The van der Waals surface area contributed by atoms with Crippen LogP contribution in [0.5, 0.6) is 0 Å². The Labute approximate surface area is 107 Å². The van der Waals surface area contributed by atoms with E-state index in [1.54, 1.807) is 18.5 Å². The van der Waals surface area contributed by atoms with Crippen LogP contribution in [0.1, 0.15) is 29.2 Å². The highest BCUT2D eigenvalue weighted by Gasteiger charge is 2.11. The fourth-order valence-corrected chi connectivity index (χ4v) is 1.97. The van der Waals surface area contributed by atoms with Gasteiger partial charge >= 0.3 is 0 Å². The molecule has 0 bridgehead atoms. The first-order valence-corrected chi connectivity index (χ1v) is 6.07. The Morgan fingerprint density at radius 2 is 1.94 bits per heavy atom. The first kappa shape index (κ1) is 12.7. The smallest absolute Gasteiger partial charge is 0.127 e. The molecular formula is C15H17FN2. The lowest BCUT2D eigenvalue weighted by molar-refractivity contribution is 0.563. The van der Waals surface area contributed by atoms with Gasteiger partial charge in [-0.05, 0) is 43.5 Å². The Kier molecular flexibility index (Phi) is 4.05. The molecule has 0 fully saturated rings. The molecule has 0 saturated heterocycles. The number of hydrogen-bond donors (Lipinski definition) is 1. The van der Waals surface area contributed by atoms with E-state index in [0.717, 1.165) is 18.4 Å². The largest absolute Gasteiger partial charge is 0.324 e. The van der Waals surface area contributed by atoms with Crippen LogP contribution in [0.2, 0.25) is 0 Å². The third-order valence-electron chi connectivity index (χ3n) is 3.04. The summed E-state index contributed by atoms with van der Waals surface area (Å²) in [5.41, 5.74) is 8.87. The second-order valence-electron chi connectivity index (χ2n) is 4.53. The van der Waals surface area contributed by atoms with Crippen LogP contribution in [0, 0.1) is 12.7 Å². The third kappa shape index (κ3) is 3.14. The number of aromatic nitrogens is 1. The van der Waals surface area contributed by atoms with Crippen molar-refractivity contribution in [1.29, 1.82) is 0 Å². The molecule has 0 aliphatic rings. The molecule has 0 saturated carbocycles. The minimum Gasteiger partial charge on any atom is -0.324 e. The minimum atomic E-state index is -0.266. The van der Waals surface area contributed by atoms with Crippen LogP contribution in [0.4, 0.5) is 4.39 Å².